The molecule has 7 nitrogen and oxygen atoms in total. The minimum atomic E-state index is -0.948. The lowest BCUT2D eigenvalue weighted by atomic mass is 10.2. The lowest BCUT2D eigenvalue weighted by Crippen LogP contribution is -2.33. The van der Waals surface area contributed by atoms with Crippen LogP contribution in [0, 0.1) is 13.8 Å². The standard InChI is InChI=1S/C18H21N3O4/c1-12-6-8-19-16(10-12)25-15-11-14(5-4-13(15)2)20-18(24)21(3)9-7-17(22)23/h4-6,8,10-11H,7,9H2,1-3H3,(H,20,24)(H,22,23). The van der Waals surface area contributed by atoms with Crippen LogP contribution in [-0.2, 0) is 4.79 Å². The van der Waals surface area contributed by atoms with Gasteiger partial charge in [0.15, 0.2) is 0 Å². The number of aromatic nitrogens is 1. The molecule has 2 rings (SSSR count). The fourth-order valence-electron chi connectivity index (χ4n) is 2.05. The van der Waals surface area contributed by atoms with Crippen molar-refractivity contribution >= 4 is 17.7 Å². The molecule has 0 aliphatic heterocycles. The van der Waals surface area contributed by atoms with Gasteiger partial charge in [-0.1, -0.05) is 6.07 Å². The first-order chi connectivity index (χ1) is 11.8. The van der Waals surface area contributed by atoms with E-state index in [2.05, 4.69) is 10.3 Å². The summed E-state index contributed by atoms with van der Waals surface area (Å²) in [6.07, 6.45) is 1.56. The number of carbonyl (C=O) groups excluding carboxylic acids is 1. The molecule has 2 aromatic rings. The molecule has 0 spiro atoms. The summed E-state index contributed by atoms with van der Waals surface area (Å²) in [4.78, 5) is 28.2. The number of carboxylic acid groups (broad SMARTS) is 1. The molecule has 0 atom stereocenters. The second-order valence-electron chi connectivity index (χ2n) is 5.75. The van der Waals surface area contributed by atoms with Crippen molar-refractivity contribution in [2.24, 2.45) is 0 Å². The highest BCUT2D eigenvalue weighted by molar-refractivity contribution is 5.89. The molecule has 2 N–H and O–H groups in total. The van der Waals surface area contributed by atoms with Crippen LogP contribution in [0.15, 0.2) is 36.5 Å². The Morgan fingerprint density at radius 3 is 2.68 bits per heavy atom. The van der Waals surface area contributed by atoms with Gasteiger partial charge in [-0.2, -0.15) is 0 Å². The van der Waals surface area contributed by atoms with Crippen molar-refractivity contribution in [1.29, 1.82) is 0 Å². The van der Waals surface area contributed by atoms with Gasteiger partial charge in [-0.25, -0.2) is 9.78 Å². The molecule has 1 aromatic heterocycles. The normalized spacial score (nSPS) is 10.2. The Balaban J connectivity index is 2.07. The van der Waals surface area contributed by atoms with Crippen molar-refractivity contribution < 1.29 is 19.4 Å². The number of hydrogen-bond acceptors (Lipinski definition) is 4. The fourth-order valence-corrected chi connectivity index (χ4v) is 2.05. The van der Waals surface area contributed by atoms with E-state index in [0.29, 0.717) is 17.3 Å². The number of carbonyl (C=O) groups is 2. The minimum absolute atomic E-state index is 0.106. The number of anilines is 1. The number of rotatable bonds is 6. The van der Waals surface area contributed by atoms with Crippen molar-refractivity contribution in [3.63, 3.8) is 0 Å². The van der Waals surface area contributed by atoms with Crippen LogP contribution in [0.5, 0.6) is 11.6 Å². The second-order valence-corrected chi connectivity index (χ2v) is 5.75. The number of nitrogens with zero attached hydrogens (tertiary/aromatic N) is 2. The van der Waals surface area contributed by atoms with Gasteiger partial charge in [-0.05, 0) is 37.1 Å². The maximum atomic E-state index is 12.1. The van der Waals surface area contributed by atoms with Crippen molar-refractivity contribution in [3.8, 4) is 11.6 Å². The van der Waals surface area contributed by atoms with E-state index in [9.17, 15) is 9.59 Å². The van der Waals surface area contributed by atoms with E-state index in [1.807, 2.05) is 32.0 Å². The van der Waals surface area contributed by atoms with E-state index >= 15 is 0 Å². The summed E-state index contributed by atoms with van der Waals surface area (Å²) < 4.78 is 5.80. The molecule has 7 heteroatoms. The lowest BCUT2D eigenvalue weighted by molar-refractivity contribution is -0.137. The third kappa shape index (κ3) is 5.49. The maximum absolute atomic E-state index is 12.1. The third-order valence-electron chi connectivity index (χ3n) is 3.55. The topological polar surface area (TPSA) is 91.8 Å². The number of aryl methyl sites for hydroxylation is 2. The van der Waals surface area contributed by atoms with Crippen LogP contribution in [0.1, 0.15) is 17.5 Å². The zero-order valence-electron chi connectivity index (χ0n) is 14.4. The van der Waals surface area contributed by atoms with Crippen LogP contribution in [0.4, 0.5) is 10.5 Å². The number of hydrogen-bond donors (Lipinski definition) is 2. The molecule has 0 unspecified atom stereocenters. The zero-order chi connectivity index (χ0) is 18.4. The van der Waals surface area contributed by atoms with Crippen molar-refractivity contribution in [2.45, 2.75) is 20.3 Å². The van der Waals surface area contributed by atoms with Crippen LogP contribution in [0.2, 0.25) is 0 Å². The molecule has 0 saturated carbocycles. The first-order valence-electron chi connectivity index (χ1n) is 7.80. The van der Waals surface area contributed by atoms with Gasteiger partial charge in [0, 0.05) is 37.6 Å². The van der Waals surface area contributed by atoms with Gasteiger partial charge in [-0.15, -0.1) is 0 Å². The summed E-state index contributed by atoms with van der Waals surface area (Å²) in [7, 11) is 1.54. The van der Waals surface area contributed by atoms with E-state index in [4.69, 9.17) is 9.84 Å². The predicted octanol–water partition coefficient (Wildman–Crippen LogP) is 3.43. The Kier molecular flexibility index (Phi) is 5.94. The first kappa shape index (κ1) is 18.3. The quantitative estimate of drug-likeness (QED) is 0.838. The highest BCUT2D eigenvalue weighted by Crippen LogP contribution is 2.27. The van der Waals surface area contributed by atoms with Crippen molar-refractivity contribution in [3.05, 3.63) is 47.7 Å². The number of urea groups is 1. The lowest BCUT2D eigenvalue weighted by Gasteiger charge is -2.17. The van der Waals surface area contributed by atoms with Crippen LogP contribution in [0.25, 0.3) is 0 Å². The van der Waals surface area contributed by atoms with Crippen molar-refractivity contribution in [1.82, 2.24) is 9.88 Å². The highest BCUT2D eigenvalue weighted by Gasteiger charge is 2.12. The number of pyridine rings is 1. The van der Waals surface area contributed by atoms with Crippen molar-refractivity contribution in [2.75, 3.05) is 18.9 Å². The Bertz CT molecular complexity index is 777. The number of carboxylic acids is 1. The van der Waals surface area contributed by atoms with E-state index in [0.717, 1.165) is 11.1 Å². The Hall–Kier alpha value is -3.09. The van der Waals surface area contributed by atoms with E-state index in [-0.39, 0.29) is 19.0 Å². The number of ether oxygens (including phenoxy) is 1. The van der Waals surface area contributed by atoms with Gasteiger partial charge in [0.05, 0.1) is 6.42 Å². The monoisotopic (exact) mass is 343 g/mol. The fraction of sp³-hybridized carbons (Fsp3) is 0.278. The molecule has 0 radical (unpaired) electrons. The zero-order valence-corrected chi connectivity index (χ0v) is 14.4. The summed E-state index contributed by atoms with van der Waals surface area (Å²) in [6, 6.07) is 8.62. The first-order valence-corrected chi connectivity index (χ1v) is 7.80. The molecule has 0 fully saturated rings. The molecular formula is C18H21N3O4. The molecule has 2 amide bonds. The molecule has 0 aliphatic carbocycles. The van der Waals surface area contributed by atoms with Gasteiger partial charge in [0.1, 0.15) is 5.75 Å². The summed E-state index contributed by atoms with van der Waals surface area (Å²) >= 11 is 0. The predicted molar refractivity (Wildman–Crippen MR) is 94.1 cm³/mol. The third-order valence-corrected chi connectivity index (χ3v) is 3.55. The Labute approximate surface area is 146 Å². The SMILES string of the molecule is Cc1ccnc(Oc2cc(NC(=O)N(C)CCC(=O)O)ccc2C)c1. The second kappa shape index (κ2) is 8.14. The summed E-state index contributed by atoms with van der Waals surface area (Å²) in [5.74, 6) is 0.116. The largest absolute Gasteiger partial charge is 0.481 e. The summed E-state index contributed by atoms with van der Waals surface area (Å²) in [6.45, 7) is 3.98. The Morgan fingerprint density at radius 2 is 2.00 bits per heavy atom. The van der Waals surface area contributed by atoms with E-state index in [1.165, 1.54) is 4.90 Å². The number of amides is 2. The average Bonchev–Trinajstić information content (AvgIpc) is 2.55. The Morgan fingerprint density at radius 1 is 1.24 bits per heavy atom. The number of benzene rings is 1. The van der Waals surface area contributed by atoms with Crippen LogP contribution in [0.3, 0.4) is 0 Å². The number of nitrogens with one attached hydrogen (secondary N) is 1. The molecule has 132 valence electrons. The average molecular weight is 343 g/mol. The van der Waals surface area contributed by atoms with Gasteiger partial charge >= 0.3 is 12.0 Å². The molecule has 0 bridgehead atoms. The minimum Gasteiger partial charge on any atom is -0.481 e. The summed E-state index contributed by atoms with van der Waals surface area (Å²) in [5, 5.41) is 11.4. The number of aliphatic carboxylic acids is 1. The van der Waals surface area contributed by atoms with Gasteiger partial charge in [0.25, 0.3) is 0 Å². The summed E-state index contributed by atoms with van der Waals surface area (Å²) in [5.41, 5.74) is 2.49. The maximum Gasteiger partial charge on any atom is 0.321 e. The molecule has 0 saturated heterocycles. The van der Waals surface area contributed by atoms with E-state index in [1.54, 1.807) is 25.4 Å². The van der Waals surface area contributed by atoms with Gasteiger partial charge < -0.3 is 20.1 Å². The molecular weight excluding hydrogens is 322 g/mol. The van der Waals surface area contributed by atoms with Crippen LogP contribution in [-0.4, -0.2) is 40.6 Å². The molecule has 0 aliphatic rings. The highest BCUT2D eigenvalue weighted by atomic mass is 16.5. The molecule has 1 heterocycles. The smallest absolute Gasteiger partial charge is 0.321 e. The van der Waals surface area contributed by atoms with E-state index < -0.39 is 5.97 Å². The molecule has 1 aromatic carbocycles. The van der Waals surface area contributed by atoms with Gasteiger partial charge in [0.2, 0.25) is 5.88 Å². The van der Waals surface area contributed by atoms with Crippen LogP contribution >= 0.6 is 0 Å². The van der Waals surface area contributed by atoms with Crippen LogP contribution < -0.4 is 10.1 Å². The van der Waals surface area contributed by atoms with Gasteiger partial charge in [-0.3, -0.25) is 4.79 Å². The molecule has 25 heavy (non-hydrogen) atoms.